The Hall–Kier alpha value is -3.42. The first-order valence-electron chi connectivity index (χ1n) is 11.3. The van der Waals surface area contributed by atoms with Gasteiger partial charge in [-0.2, -0.15) is 5.10 Å². The summed E-state index contributed by atoms with van der Waals surface area (Å²) in [6.45, 7) is 7.23. The highest BCUT2D eigenvalue weighted by Gasteiger charge is 2.24. The quantitative estimate of drug-likeness (QED) is 0.647. The summed E-state index contributed by atoms with van der Waals surface area (Å²) in [5, 5.41) is 7.75. The summed E-state index contributed by atoms with van der Waals surface area (Å²) in [6.07, 6.45) is 6.18. The van der Waals surface area contributed by atoms with E-state index in [1.165, 1.54) is 12.8 Å². The zero-order valence-electron chi connectivity index (χ0n) is 18.7. The minimum Gasteiger partial charge on any atom is -0.367 e. The molecule has 1 saturated heterocycles. The normalized spacial score (nSPS) is 16.3. The topological polar surface area (TPSA) is 79.2 Å². The van der Waals surface area contributed by atoms with E-state index < -0.39 is 0 Å². The molecule has 5 rings (SSSR count). The predicted molar refractivity (Wildman–Crippen MR) is 125 cm³/mol. The fourth-order valence-electron chi connectivity index (χ4n) is 4.21. The lowest BCUT2D eigenvalue weighted by Crippen LogP contribution is -2.49. The molecule has 0 radical (unpaired) electrons. The van der Waals surface area contributed by atoms with Crippen LogP contribution in [0, 0.1) is 13.8 Å². The van der Waals surface area contributed by atoms with Gasteiger partial charge in [0.15, 0.2) is 0 Å². The maximum Gasteiger partial charge on any atom is 0.244 e. The van der Waals surface area contributed by atoms with E-state index in [1.54, 1.807) is 4.68 Å². The Morgan fingerprint density at radius 2 is 1.78 bits per heavy atom. The van der Waals surface area contributed by atoms with Crippen molar-refractivity contribution in [3.63, 3.8) is 0 Å². The molecule has 8 nitrogen and oxygen atoms in total. The van der Waals surface area contributed by atoms with Crippen LogP contribution in [0.4, 0.5) is 11.6 Å². The predicted octanol–water partition coefficient (Wildman–Crippen LogP) is 2.88. The molecule has 2 fully saturated rings. The molecule has 8 heteroatoms. The van der Waals surface area contributed by atoms with E-state index in [4.69, 9.17) is 0 Å². The summed E-state index contributed by atoms with van der Waals surface area (Å²) in [6, 6.07) is 10.9. The number of rotatable bonds is 6. The van der Waals surface area contributed by atoms with Gasteiger partial charge >= 0.3 is 0 Å². The van der Waals surface area contributed by atoms with Gasteiger partial charge in [-0.25, -0.2) is 9.97 Å². The van der Waals surface area contributed by atoms with Gasteiger partial charge in [0.2, 0.25) is 11.9 Å². The minimum atomic E-state index is 0.122. The Kier molecular flexibility index (Phi) is 5.51. The molecule has 1 amide bonds. The zero-order valence-corrected chi connectivity index (χ0v) is 18.7. The minimum absolute atomic E-state index is 0.122. The number of hydrogen-bond donors (Lipinski definition) is 1. The first-order chi connectivity index (χ1) is 15.6. The SMILES string of the molecule is Cc1cc(C)n(CC(=O)N2CCN(c3ccccc3-c3cnc(NC4CC4)nc3)CC2)n1. The van der Waals surface area contributed by atoms with Gasteiger partial charge < -0.3 is 15.1 Å². The number of hydrogen-bond acceptors (Lipinski definition) is 6. The van der Waals surface area contributed by atoms with Crippen LogP contribution in [0.2, 0.25) is 0 Å². The summed E-state index contributed by atoms with van der Waals surface area (Å²) in [5.74, 6) is 0.819. The summed E-state index contributed by atoms with van der Waals surface area (Å²) in [7, 11) is 0. The number of benzene rings is 1. The third-order valence-corrected chi connectivity index (χ3v) is 6.14. The molecule has 1 aliphatic heterocycles. The molecule has 0 unspecified atom stereocenters. The lowest BCUT2D eigenvalue weighted by Gasteiger charge is -2.37. The first-order valence-corrected chi connectivity index (χ1v) is 11.3. The molecule has 0 bridgehead atoms. The Morgan fingerprint density at radius 1 is 1.06 bits per heavy atom. The smallest absolute Gasteiger partial charge is 0.244 e. The van der Waals surface area contributed by atoms with Crippen molar-refractivity contribution in [1.29, 1.82) is 0 Å². The van der Waals surface area contributed by atoms with Gasteiger partial charge in [0.25, 0.3) is 0 Å². The Morgan fingerprint density at radius 3 is 2.44 bits per heavy atom. The summed E-state index contributed by atoms with van der Waals surface area (Å²) < 4.78 is 1.79. The molecular weight excluding hydrogens is 402 g/mol. The number of nitrogens with one attached hydrogen (secondary N) is 1. The zero-order chi connectivity index (χ0) is 22.1. The van der Waals surface area contributed by atoms with Gasteiger partial charge in [-0.1, -0.05) is 18.2 Å². The number of para-hydroxylation sites is 1. The van der Waals surface area contributed by atoms with E-state index in [9.17, 15) is 4.79 Å². The van der Waals surface area contributed by atoms with Crippen LogP contribution in [0.5, 0.6) is 0 Å². The molecule has 1 N–H and O–H groups in total. The van der Waals surface area contributed by atoms with Gasteiger partial charge in [0, 0.05) is 67.1 Å². The first kappa shape index (κ1) is 20.5. The van der Waals surface area contributed by atoms with Gasteiger partial charge in [0.1, 0.15) is 6.54 Å². The molecule has 166 valence electrons. The highest BCUT2D eigenvalue weighted by molar-refractivity contribution is 5.79. The molecule has 3 aromatic rings. The van der Waals surface area contributed by atoms with Crippen LogP contribution >= 0.6 is 0 Å². The van der Waals surface area contributed by atoms with E-state index in [0.29, 0.717) is 31.6 Å². The number of aryl methyl sites for hydroxylation is 2. The maximum absolute atomic E-state index is 12.8. The fourth-order valence-corrected chi connectivity index (χ4v) is 4.21. The summed E-state index contributed by atoms with van der Waals surface area (Å²) >= 11 is 0. The van der Waals surface area contributed by atoms with E-state index in [-0.39, 0.29) is 5.91 Å². The van der Waals surface area contributed by atoms with Gasteiger partial charge in [0.05, 0.1) is 5.69 Å². The van der Waals surface area contributed by atoms with Crippen molar-refractivity contribution in [3.05, 3.63) is 54.1 Å². The molecule has 2 aliphatic rings. The molecular formula is C24H29N7O. The van der Waals surface area contributed by atoms with Crippen LogP contribution in [0.15, 0.2) is 42.7 Å². The second kappa shape index (κ2) is 8.61. The van der Waals surface area contributed by atoms with Crippen LogP contribution in [0.25, 0.3) is 11.1 Å². The highest BCUT2D eigenvalue weighted by atomic mass is 16.2. The average molecular weight is 432 g/mol. The largest absolute Gasteiger partial charge is 0.367 e. The van der Waals surface area contributed by atoms with Crippen LogP contribution in [0.3, 0.4) is 0 Å². The van der Waals surface area contributed by atoms with Crippen LogP contribution in [0.1, 0.15) is 24.2 Å². The Balaban J connectivity index is 1.25. The Labute approximate surface area is 188 Å². The number of nitrogens with zero attached hydrogens (tertiary/aromatic N) is 6. The van der Waals surface area contributed by atoms with Crippen molar-refractivity contribution in [2.24, 2.45) is 0 Å². The molecule has 1 saturated carbocycles. The van der Waals surface area contributed by atoms with Crippen molar-refractivity contribution < 1.29 is 4.79 Å². The molecule has 1 aliphatic carbocycles. The molecule has 1 aromatic carbocycles. The summed E-state index contributed by atoms with van der Waals surface area (Å²) in [4.78, 5) is 26.1. The second-order valence-electron chi connectivity index (χ2n) is 8.68. The lowest BCUT2D eigenvalue weighted by atomic mass is 10.1. The maximum atomic E-state index is 12.8. The van der Waals surface area contributed by atoms with E-state index in [0.717, 1.165) is 41.3 Å². The second-order valence-corrected chi connectivity index (χ2v) is 8.68. The number of anilines is 2. The number of carbonyl (C=O) groups excluding carboxylic acids is 1. The molecule has 0 atom stereocenters. The van der Waals surface area contributed by atoms with Crippen LogP contribution in [-0.2, 0) is 11.3 Å². The van der Waals surface area contributed by atoms with Crippen LogP contribution < -0.4 is 10.2 Å². The average Bonchev–Trinajstić information content (AvgIpc) is 3.57. The summed E-state index contributed by atoms with van der Waals surface area (Å²) in [5.41, 5.74) is 5.24. The van der Waals surface area contributed by atoms with Crippen molar-refractivity contribution >= 4 is 17.5 Å². The number of carbonyl (C=O) groups is 1. The van der Waals surface area contributed by atoms with Crippen molar-refractivity contribution in [3.8, 4) is 11.1 Å². The van der Waals surface area contributed by atoms with E-state index >= 15 is 0 Å². The van der Waals surface area contributed by atoms with Crippen LogP contribution in [-0.4, -0.2) is 62.8 Å². The number of aromatic nitrogens is 4. The lowest BCUT2D eigenvalue weighted by molar-refractivity contribution is -0.132. The molecule has 0 spiro atoms. The standard InChI is InChI=1S/C24H29N7O/c1-17-13-18(2)31(28-17)16-23(32)30-11-9-29(10-12-30)22-6-4-3-5-21(22)19-14-25-24(26-15-19)27-20-7-8-20/h3-6,13-15,20H,7-12,16H2,1-2H3,(H,25,26,27). The van der Waals surface area contributed by atoms with Gasteiger partial charge in [-0.15, -0.1) is 0 Å². The molecule has 32 heavy (non-hydrogen) atoms. The molecule has 3 heterocycles. The monoisotopic (exact) mass is 431 g/mol. The van der Waals surface area contributed by atoms with Gasteiger partial charge in [-0.05, 0) is 38.8 Å². The molecule has 2 aromatic heterocycles. The third kappa shape index (κ3) is 4.44. The number of piperazine rings is 1. The third-order valence-electron chi connectivity index (χ3n) is 6.14. The van der Waals surface area contributed by atoms with Crippen molar-refractivity contribution in [1.82, 2.24) is 24.6 Å². The fraction of sp³-hybridized carbons (Fsp3) is 0.417. The Bertz CT molecular complexity index is 1100. The number of amides is 1. The van der Waals surface area contributed by atoms with Gasteiger partial charge in [-0.3, -0.25) is 9.48 Å². The highest BCUT2D eigenvalue weighted by Crippen LogP contribution is 2.31. The van der Waals surface area contributed by atoms with Crippen molar-refractivity contribution in [2.45, 2.75) is 39.3 Å². The van der Waals surface area contributed by atoms with E-state index in [2.05, 4.69) is 43.5 Å². The van der Waals surface area contributed by atoms with E-state index in [1.807, 2.05) is 43.3 Å². The van der Waals surface area contributed by atoms with Crippen molar-refractivity contribution in [2.75, 3.05) is 36.4 Å².